The van der Waals surface area contributed by atoms with Gasteiger partial charge in [-0.3, -0.25) is 4.79 Å². The van der Waals surface area contributed by atoms with Gasteiger partial charge in [-0.1, -0.05) is 17.9 Å². The summed E-state index contributed by atoms with van der Waals surface area (Å²) in [7, 11) is 7.80. The van der Waals surface area contributed by atoms with Crippen LogP contribution in [-0.4, -0.2) is 70.1 Å². The highest BCUT2D eigenvalue weighted by Gasteiger charge is 2.56. The smallest absolute Gasteiger partial charge is 0.253 e. The van der Waals surface area contributed by atoms with E-state index in [4.69, 9.17) is 5.73 Å². The zero-order valence-corrected chi connectivity index (χ0v) is 22.3. The van der Waals surface area contributed by atoms with Gasteiger partial charge in [0.1, 0.15) is 0 Å². The molecular formula is C28H41N7O. The van der Waals surface area contributed by atoms with Gasteiger partial charge in [0.25, 0.3) is 5.91 Å². The fraction of sp³-hybridized carbons (Fsp3) is 0.643. The van der Waals surface area contributed by atoms with Gasteiger partial charge in [0.2, 0.25) is 0 Å². The molecule has 4 unspecified atom stereocenters. The minimum atomic E-state index is -0.428. The van der Waals surface area contributed by atoms with Crippen LogP contribution in [0.2, 0.25) is 0 Å². The number of rotatable bonds is 6. The molecule has 0 saturated heterocycles. The van der Waals surface area contributed by atoms with E-state index in [1.165, 1.54) is 23.2 Å². The summed E-state index contributed by atoms with van der Waals surface area (Å²) < 4.78 is 0. The van der Waals surface area contributed by atoms with Crippen molar-refractivity contribution in [3.05, 3.63) is 53.0 Å². The lowest BCUT2D eigenvalue weighted by Gasteiger charge is -2.52. The number of nitrogens with one attached hydrogen (secondary N) is 1. The van der Waals surface area contributed by atoms with Crippen molar-refractivity contribution in [3.8, 4) is 0 Å². The Kier molecular flexibility index (Phi) is 6.43. The van der Waals surface area contributed by atoms with Crippen molar-refractivity contribution < 1.29 is 4.79 Å². The lowest BCUT2D eigenvalue weighted by molar-refractivity contribution is 0.0756. The third-order valence-corrected chi connectivity index (χ3v) is 9.41. The summed E-state index contributed by atoms with van der Waals surface area (Å²) in [6.07, 6.45) is 9.32. The van der Waals surface area contributed by atoms with Crippen LogP contribution in [0.15, 0.2) is 30.5 Å². The molecule has 2 saturated carbocycles. The average Bonchev–Trinajstić information content (AvgIpc) is 3.35. The number of nitrogens with two attached hydrogens (primary N) is 1. The second kappa shape index (κ2) is 9.29. The molecule has 1 aromatic carbocycles. The molecule has 0 bridgehead atoms. The third-order valence-electron chi connectivity index (χ3n) is 9.41. The van der Waals surface area contributed by atoms with Crippen LogP contribution < -0.4 is 5.73 Å². The summed E-state index contributed by atoms with van der Waals surface area (Å²) in [5, 5.41) is 16.1. The highest BCUT2D eigenvalue weighted by Crippen LogP contribution is 2.57. The van der Waals surface area contributed by atoms with E-state index in [0.717, 1.165) is 62.8 Å². The Hall–Kier alpha value is -2.74. The summed E-state index contributed by atoms with van der Waals surface area (Å²) in [6, 6.07) is 6.28. The fourth-order valence-corrected chi connectivity index (χ4v) is 7.37. The number of aromatic amines is 1. The minimum Gasteiger partial charge on any atom is -0.381 e. The molecule has 1 heterocycles. The fourth-order valence-electron chi connectivity index (χ4n) is 7.37. The number of H-pyrrole nitrogens is 1. The molecule has 0 radical (unpaired) electrons. The highest BCUT2D eigenvalue weighted by molar-refractivity contribution is 5.94. The van der Waals surface area contributed by atoms with Crippen molar-refractivity contribution in [2.24, 2.45) is 23.5 Å². The lowest BCUT2D eigenvalue weighted by atomic mass is 9.53. The number of tetrazole rings is 1. The summed E-state index contributed by atoms with van der Waals surface area (Å²) in [5.74, 6) is 2.11. The van der Waals surface area contributed by atoms with Gasteiger partial charge in [0.15, 0.2) is 5.82 Å². The monoisotopic (exact) mass is 491 g/mol. The Morgan fingerprint density at radius 3 is 2.56 bits per heavy atom. The van der Waals surface area contributed by atoms with Crippen LogP contribution in [-0.2, 0) is 11.8 Å². The molecule has 3 N–H and O–H groups in total. The van der Waals surface area contributed by atoms with E-state index in [-0.39, 0.29) is 11.4 Å². The van der Waals surface area contributed by atoms with Crippen molar-refractivity contribution in [2.45, 2.75) is 68.7 Å². The molecule has 5 rings (SSSR count). The molecule has 0 spiro atoms. The Labute approximate surface area is 214 Å². The zero-order chi connectivity index (χ0) is 25.7. The molecule has 8 nitrogen and oxygen atoms in total. The van der Waals surface area contributed by atoms with Crippen LogP contribution in [0.4, 0.5) is 0 Å². The SMILES string of the molecule is C=C(C1CCC2C(CCc3cc(C(=O)N(C)C)ccc3C2(CC2(N)CCC2)c2nn[nH]n2)C1)N(C)C. The van der Waals surface area contributed by atoms with Crippen LogP contribution in [0.25, 0.3) is 0 Å². The van der Waals surface area contributed by atoms with E-state index in [1.54, 1.807) is 19.0 Å². The maximum absolute atomic E-state index is 12.9. The minimum absolute atomic E-state index is 0.0289. The molecule has 1 aromatic heterocycles. The Morgan fingerprint density at radius 2 is 1.94 bits per heavy atom. The maximum atomic E-state index is 12.9. The van der Waals surface area contributed by atoms with Gasteiger partial charge < -0.3 is 15.5 Å². The number of aromatic nitrogens is 4. The molecule has 2 aromatic rings. The van der Waals surface area contributed by atoms with Crippen molar-refractivity contribution in [3.63, 3.8) is 0 Å². The molecule has 0 aliphatic heterocycles. The maximum Gasteiger partial charge on any atom is 0.253 e. The predicted molar refractivity (Wildman–Crippen MR) is 140 cm³/mol. The summed E-state index contributed by atoms with van der Waals surface area (Å²) in [4.78, 5) is 16.7. The number of hydrogen-bond donors (Lipinski definition) is 2. The van der Waals surface area contributed by atoms with E-state index >= 15 is 0 Å². The molecule has 3 aliphatic carbocycles. The van der Waals surface area contributed by atoms with Crippen molar-refractivity contribution >= 4 is 5.91 Å². The molecule has 3 aliphatic rings. The van der Waals surface area contributed by atoms with Crippen LogP contribution >= 0.6 is 0 Å². The van der Waals surface area contributed by atoms with E-state index in [1.807, 2.05) is 6.07 Å². The molecule has 2 fully saturated rings. The first-order valence-corrected chi connectivity index (χ1v) is 13.4. The summed E-state index contributed by atoms with van der Waals surface area (Å²) in [5.41, 5.74) is 10.8. The number of benzene rings is 1. The first-order chi connectivity index (χ1) is 17.1. The molecule has 194 valence electrons. The van der Waals surface area contributed by atoms with Crippen LogP contribution in [0, 0.1) is 17.8 Å². The van der Waals surface area contributed by atoms with Gasteiger partial charge >= 0.3 is 0 Å². The number of amides is 1. The van der Waals surface area contributed by atoms with Gasteiger partial charge in [-0.05, 0) is 98.8 Å². The predicted octanol–water partition coefficient (Wildman–Crippen LogP) is 3.51. The highest BCUT2D eigenvalue weighted by atomic mass is 16.2. The van der Waals surface area contributed by atoms with E-state index in [2.05, 4.69) is 58.3 Å². The molecule has 36 heavy (non-hydrogen) atoms. The number of aryl methyl sites for hydroxylation is 1. The summed E-state index contributed by atoms with van der Waals surface area (Å²) in [6.45, 7) is 4.42. The Morgan fingerprint density at radius 1 is 1.17 bits per heavy atom. The topological polar surface area (TPSA) is 104 Å². The number of fused-ring (bicyclic) bond motifs is 2. The molecule has 8 heteroatoms. The Balaban J connectivity index is 1.66. The second-order valence-electron chi connectivity index (χ2n) is 12.0. The van der Waals surface area contributed by atoms with Gasteiger partial charge in [-0.15, -0.1) is 10.2 Å². The molecule has 1 amide bonds. The van der Waals surface area contributed by atoms with Gasteiger partial charge in [0, 0.05) is 45.0 Å². The first-order valence-electron chi connectivity index (χ1n) is 13.4. The summed E-state index contributed by atoms with van der Waals surface area (Å²) >= 11 is 0. The first kappa shape index (κ1) is 24.9. The van der Waals surface area contributed by atoms with Crippen molar-refractivity contribution in [2.75, 3.05) is 28.2 Å². The van der Waals surface area contributed by atoms with Crippen molar-refractivity contribution in [1.29, 1.82) is 0 Å². The number of carbonyl (C=O) groups is 1. The van der Waals surface area contributed by atoms with E-state index in [9.17, 15) is 4.79 Å². The quantitative estimate of drug-likeness (QED) is 0.641. The molecule has 4 atom stereocenters. The lowest BCUT2D eigenvalue weighted by Crippen LogP contribution is -2.55. The number of carbonyl (C=O) groups excluding carboxylic acids is 1. The van der Waals surface area contributed by atoms with Crippen LogP contribution in [0.5, 0.6) is 0 Å². The normalized spacial score (nSPS) is 28.8. The average molecular weight is 492 g/mol. The van der Waals surface area contributed by atoms with Crippen LogP contribution in [0.1, 0.15) is 78.7 Å². The zero-order valence-electron chi connectivity index (χ0n) is 22.3. The van der Waals surface area contributed by atoms with Crippen LogP contribution in [0.3, 0.4) is 0 Å². The number of nitrogens with zero attached hydrogens (tertiary/aromatic N) is 5. The number of allylic oxidation sites excluding steroid dienone is 1. The third kappa shape index (κ3) is 4.13. The number of hydrogen-bond acceptors (Lipinski definition) is 6. The standard InChI is InChI=1S/C28H41N7O/c1-18(34(2)3)19-9-11-23-20(15-19)7-8-21-16-22(25(36)35(4)5)10-12-24(21)28(23,26-30-32-33-31-26)17-27(29)13-6-14-27/h10,12,16,19-20,23H,1,6-9,11,13-15,17,29H2,2-5H3,(H,30,31,32,33). The van der Waals surface area contributed by atoms with E-state index in [0.29, 0.717) is 17.8 Å². The van der Waals surface area contributed by atoms with Gasteiger partial charge in [-0.25, -0.2) is 0 Å². The van der Waals surface area contributed by atoms with Crippen molar-refractivity contribution in [1.82, 2.24) is 30.4 Å². The van der Waals surface area contributed by atoms with Gasteiger partial charge in [0.05, 0.1) is 5.41 Å². The Bertz CT molecular complexity index is 1120. The van der Waals surface area contributed by atoms with E-state index < -0.39 is 5.41 Å². The molecular weight excluding hydrogens is 450 g/mol. The van der Waals surface area contributed by atoms with Gasteiger partial charge in [-0.2, -0.15) is 5.21 Å². The second-order valence-corrected chi connectivity index (χ2v) is 12.0. The largest absolute Gasteiger partial charge is 0.381 e.